The smallest absolute Gasteiger partial charge is 0.229 e. The number of piperidine rings is 1. The van der Waals surface area contributed by atoms with Crippen LogP contribution in [0.4, 0.5) is 0 Å². The number of benzene rings is 1. The predicted octanol–water partition coefficient (Wildman–Crippen LogP) is 2.53. The molecule has 0 radical (unpaired) electrons. The van der Waals surface area contributed by atoms with E-state index in [1.165, 1.54) is 0 Å². The summed E-state index contributed by atoms with van der Waals surface area (Å²) in [4.78, 5) is 4.58. The number of rotatable bonds is 5. The summed E-state index contributed by atoms with van der Waals surface area (Å²) >= 11 is 0. The molecule has 0 amide bonds. The topological polar surface area (TPSA) is 69.4 Å². The highest BCUT2D eigenvalue weighted by Crippen LogP contribution is 2.29. The van der Waals surface area contributed by atoms with E-state index in [0.29, 0.717) is 35.7 Å². The molecule has 1 aromatic carbocycles. The van der Waals surface area contributed by atoms with Crippen molar-refractivity contribution in [2.45, 2.75) is 38.1 Å². The van der Waals surface area contributed by atoms with E-state index >= 15 is 0 Å². The summed E-state index contributed by atoms with van der Waals surface area (Å²) in [6.07, 6.45) is 2.70. The first-order chi connectivity index (χ1) is 11.2. The van der Waals surface area contributed by atoms with E-state index in [9.17, 15) is 0 Å². The summed E-state index contributed by atoms with van der Waals surface area (Å²) in [5.74, 6) is 3.25. The Morgan fingerprint density at radius 1 is 1.26 bits per heavy atom. The summed E-state index contributed by atoms with van der Waals surface area (Å²) in [7, 11) is 3.26. The number of nitrogens with one attached hydrogen (secondary N) is 1. The molecule has 6 heteroatoms. The molecule has 124 valence electrons. The van der Waals surface area contributed by atoms with Gasteiger partial charge >= 0.3 is 0 Å². The molecule has 2 atom stereocenters. The van der Waals surface area contributed by atoms with E-state index in [-0.39, 0.29) is 0 Å². The number of hydrogen-bond acceptors (Lipinski definition) is 6. The van der Waals surface area contributed by atoms with Gasteiger partial charge in [-0.1, -0.05) is 11.2 Å². The Bertz CT molecular complexity index is 656. The van der Waals surface area contributed by atoms with Crippen LogP contribution in [0.3, 0.4) is 0 Å². The first-order valence-corrected chi connectivity index (χ1v) is 7.96. The molecule has 1 fully saturated rings. The average molecular weight is 317 g/mol. The molecule has 3 rings (SSSR count). The van der Waals surface area contributed by atoms with Crippen LogP contribution < -0.4 is 14.8 Å². The van der Waals surface area contributed by atoms with E-state index in [4.69, 9.17) is 14.0 Å². The van der Waals surface area contributed by atoms with Crippen molar-refractivity contribution in [2.24, 2.45) is 0 Å². The lowest BCUT2D eigenvalue weighted by Gasteiger charge is -2.25. The van der Waals surface area contributed by atoms with Gasteiger partial charge in [-0.25, -0.2) is 0 Å². The largest absolute Gasteiger partial charge is 0.493 e. The Hall–Kier alpha value is -2.08. The molecule has 1 aromatic heterocycles. The third-order valence-corrected chi connectivity index (χ3v) is 4.27. The Morgan fingerprint density at radius 2 is 2.09 bits per heavy atom. The van der Waals surface area contributed by atoms with Crippen LogP contribution in [0.5, 0.6) is 11.5 Å². The molecule has 0 unspecified atom stereocenters. The highest BCUT2D eigenvalue weighted by atomic mass is 16.5. The van der Waals surface area contributed by atoms with Crippen LogP contribution in [0.2, 0.25) is 0 Å². The minimum atomic E-state index is 0.359. The van der Waals surface area contributed by atoms with E-state index < -0.39 is 0 Å². The van der Waals surface area contributed by atoms with Crippen LogP contribution in [-0.4, -0.2) is 36.9 Å². The van der Waals surface area contributed by atoms with E-state index in [1.54, 1.807) is 14.2 Å². The average Bonchev–Trinajstić information content (AvgIpc) is 3.03. The predicted molar refractivity (Wildman–Crippen MR) is 86.1 cm³/mol. The fraction of sp³-hybridized carbons (Fsp3) is 0.529. The zero-order chi connectivity index (χ0) is 16.2. The highest BCUT2D eigenvalue weighted by molar-refractivity contribution is 5.43. The summed E-state index contributed by atoms with van der Waals surface area (Å²) in [5.41, 5.74) is 1.06. The zero-order valence-corrected chi connectivity index (χ0v) is 13.8. The van der Waals surface area contributed by atoms with Crippen LogP contribution in [0.15, 0.2) is 22.7 Å². The monoisotopic (exact) mass is 317 g/mol. The molecule has 0 spiro atoms. The summed E-state index contributed by atoms with van der Waals surface area (Å²) in [5, 5.41) is 7.57. The Labute approximate surface area is 136 Å². The second kappa shape index (κ2) is 7.00. The molecule has 23 heavy (non-hydrogen) atoms. The quantitative estimate of drug-likeness (QED) is 0.914. The van der Waals surface area contributed by atoms with Gasteiger partial charge in [0.05, 0.1) is 14.2 Å². The molecule has 1 aliphatic heterocycles. The second-order valence-corrected chi connectivity index (χ2v) is 5.99. The Morgan fingerprint density at radius 3 is 2.83 bits per heavy atom. The lowest BCUT2D eigenvalue weighted by molar-refractivity contribution is 0.294. The van der Waals surface area contributed by atoms with Crippen molar-refractivity contribution < 1.29 is 14.0 Å². The van der Waals surface area contributed by atoms with Crippen molar-refractivity contribution in [3.05, 3.63) is 35.5 Å². The van der Waals surface area contributed by atoms with Gasteiger partial charge in [-0.2, -0.15) is 4.98 Å². The molecule has 0 aliphatic carbocycles. The summed E-state index contributed by atoms with van der Waals surface area (Å²) in [6, 6.07) is 6.32. The SMILES string of the molecule is COc1ccc(Cc2noc([C@H]3CCN[C@@H](C)C3)n2)cc1OC. The third kappa shape index (κ3) is 3.64. The van der Waals surface area contributed by atoms with Gasteiger partial charge in [0.1, 0.15) is 0 Å². The molecule has 2 heterocycles. The number of ether oxygens (including phenoxy) is 2. The van der Waals surface area contributed by atoms with Gasteiger partial charge < -0.3 is 19.3 Å². The molecular weight excluding hydrogens is 294 g/mol. The van der Waals surface area contributed by atoms with E-state index in [2.05, 4.69) is 22.4 Å². The lowest BCUT2D eigenvalue weighted by Crippen LogP contribution is -2.34. The van der Waals surface area contributed by atoms with Crippen LogP contribution in [-0.2, 0) is 6.42 Å². The van der Waals surface area contributed by atoms with Crippen LogP contribution in [0.25, 0.3) is 0 Å². The van der Waals surface area contributed by atoms with Gasteiger partial charge in [-0.3, -0.25) is 0 Å². The molecule has 1 saturated heterocycles. The molecule has 1 aliphatic rings. The number of hydrogen-bond donors (Lipinski definition) is 1. The van der Waals surface area contributed by atoms with Gasteiger partial charge in [0.15, 0.2) is 17.3 Å². The molecule has 0 saturated carbocycles. The standard InChI is InChI=1S/C17H23N3O3/c1-11-8-13(6-7-18-11)17-19-16(20-23-17)10-12-4-5-14(21-2)15(9-12)22-3/h4-5,9,11,13,18H,6-8,10H2,1-3H3/t11-,13-/m0/s1. The molecule has 2 aromatic rings. The van der Waals surface area contributed by atoms with Gasteiger partial charge in [-0.05, 0) is 44.0 Å². The van der Waals surface area contributed by atoms with Crippen molar-refractivity contribution in [2.75, 3.05) is 20.8 Å². The van der Waals surface area contributed by atoms with Gasteiger partial charge in [0.2, 0.25) is 5.89 Å². The fourth-order valence-corrected chi connectivity index (χ4v) is 3.03. The van der Waals surface area contributed by atoms with E-state index in [0.717, 1.165) is 30.8 Å². The van der Waals surface area contributed by atoms with Crippen LogP contribution >= 0.6 is 0 Å². The molecule has 0 bridgehead atoms. The number of nitrogens with zero attached hydrogens (tertiary/aromatic N) is 2. The van der Waals surface area contributed by atoms with E-state index in [1.807, 2.05) is 18.2 Å². The Balaban J connectivity index is 1.71. The number of methoxy groups -OCH3 is 2. The van der Waals surface area contributed by atoms with Gasteiger partial charge in [-0.15, -0.1) is 0 Å². The van der Waals surface area contributed by atoms with Crippen molar-refractivity contribution >= 4 is 0 Å². The molecule has 1 N–H and O–H groups in total. The van der Waals surface area contributed by atoms with Gasteiger partial charge in [0.25, 0.3) is 0 Å². The van der Waals surface area contributed by atoms with Crippen LogP contribution in [0, 0.1) is 0 Å². The first kappa shape index (κ1) is 15.8. The summed E-state index contributed by atoms with van der Waals surface area (Å²) in [6.45, 7) is 3.19. The maximum atomic E-state index is 5.48. The van der Waals surface area contributed by atoms with Crippen LogP contribution in [0.1, 0.15) is 43.0 Å². The maximum Gasteiger partial charge on any atom is 0.229 e. The fourth-order valence-electron chi connectivity index (χ4n) is 3.03. The lowest BCUT2D eigenvalue weighted by atomic mass is 9.93. The van der Waals surface area contributed by atoms with Crippen molar-refractivity contribution in [3.63, 3.8) is 0 Å². The second-order valence-electron chi connectivity index (χ2n) is 5.99. The highest BCUT2D eigenvalue weighted by Gasteiger charge is 2.24. The van der Waals surface area contributed by atoms with Gasteiger partial charge in [0, 0.05) is 18.4 Å². The molecule has 6 nitrogen and oxygen atoms in total. The van der Waals surface area contributed by atoms with Crippen molar-refractivity contribution in [1.82, 2.24) is 15.5 Å². The maximum absolute atomic E-state index is 5.48. The van der Waals surface area contributed by atoms with Crippen molar-refractivity contribution in [3.8, 4) is 11.5 Å². The first-order valence-electron chi connectivity index (χ1n) is 7.96. The normalized spacial score (nSPS) is 21.2. The summed E-state index contributed by atoms with van der Waals surface area (Å²) < 4.78 is 16.1. The zero-order valence-electron chi connectivity index (χ0n) is 13.8. The third-order valence-electron chi connectivity index (χ3n) is 4.27. The minimum Gasteiger partial charge on any atom is -0.493 e. The number of aromatic nitrogens is 2. The minimum absolute atomic E-state index is 0.359. The molecular formula is C17H23N3O3. The Kier molecular flexibility index (Phi) is 4.81. The van der Waals surface area contributed by atoms with Crippen molar-refractivity contribution in [1.29, 1.82) is 0 Å².